The van der Waals surface area contributed by atoms with E-state index in [4.69, 9.17) is 17.2 Å². The molecule has 18 heavy (non-hydrogen) atoms. The molecule has 0 saturated carbocycles. The summed E-state index contributed by atoms with van der Waals surface area (Å²) in [6.45, 7) is 2.42. The molecule has 0 unspecified atom stereocenters. The fourth-order valence-corrected chi connectivity index (χ4v) is 1.46. The van der Waals surface area contributed by atoms with Gasteiger partial charge < -0.3 is 22.5 Å². The molecule has 0 aliphatic rings. The van der Waals surface area contributed by atoms with Crippen LogP contribution in [0.3, 0.4) is 0 Å². The molecule has 1 rings (SSSR count). The van der Waals surface area contributed by atoms with E-state index in [1.165, 1.54) is 6.08 Å². The Hall–Kier alpha value is -2.43. The standard InChI is InChI=1S/C13H18N4O/c1-2-17-13(18)10-6-4-3-5-9(10)11(14)7-8-12(15)16/h3-8H,2,14-16H2,1H3,(H,17,18)/b11-7-. The average Bonchev–Trinajstić information content (AvgIpc) is 2.36. The molecule has 0 fully saturated rings. The van der Waals surface area contributed by atoms with Gasteiger partial charge in [0.2, 0.25) is 0 Å². The van der Waals surface area contributed by atoms with Crippen LogP contribution in [0.4, 0.5) is 0 Å². The molecule has 0 atom stereocenters. The van der Waals surface area contributed by atoms with Crippen LogP contribution in [0.15, 0.2) is 42.2 Å². The third-order valence-corrected chi connectivity index (χ3v) is 2.28. The number of hydrogen-bond donors (Lipinski definition) is 4. The molecule has 1 aromatic rings. The van der Waals surface area contributed by atoms with E-state index in [1.807, 2.05) is 13.0 Å². The predicted molar refractivity (Wildman–Crippen MR) is 73.1 cm³/mol. The highest BCUT2D eigenvalue weighted by molar-refractivity contribution is 5.99. The molecular weight excluding hydrogens is 228 g/mol. The second-order valence-corrected chi connectivity index (χ2v) is 3.69. The third-order valence-electron chi connectivity index (χ3n) is 2.28. The fraction of sp³-hybridized carbons (Fsp3) is 0.154. The van der Waals surface area contributed by atoms with Crippen molar-refractivity contribution in [3.8, 4) is 0 Å². The first-order chi connectivity index (χ1) is 8.56. The third kappa shape index (κ3) is 3.55. The van der Waals surface area contributed by atoms with Gasteiger partial charge in [0, 0.05) is 23.4 Å². The van der Waals surface area contributed by atoms with Gasteiger partial charge in [0.05, 0.1) is 5.82 Å². The van der Waals surface area contributed by atoms with Gasteiger partial charge in [-0.15, -0.1) is 0 Å². The minimum Gasteiger partial charge on any atom is -0.398 e. The van der Waals surface area contributed by atoms with Crippen molar-refractivity contribution < 1.29 is 4.79 Å². The molecule has 5 nitrogen and oxygen atoms in total. The van der Waals surface area contributed by atoms with Crippen molar-refractivity contribution in [1.29, 1.82) is 0 Å². The van der Waals surface area contributed by atoms with Crippen LogP contribution in [-0.4, -0.2) is 12.5 Å². The van der Waals surface area contributed by atoms with Gasteiger partial charge >= 0.3 is 0 Å². The molecule has 0 saturated heterocycles. The van der Waals surface area contributed by atoms with E-state index in [2.05, 4.69) is 5.32 Å². The van der Waals surface area contributed by atoms with Crippen molar-refractivity contribution in [3.05, 3.63) is 53.4 Å². The van der Waals surface area contributed by atoms with Gasteiger partial charge in [0.1, 0.15) is 0 Å². The number of nitrogens with one attached hydrogen (secondary N) is 1. The van der Waals surface area contributed by atoms with Crippen molar-refractivity contribution in [1.82, 2.24) is 5.32 Å². The van der Waals surface area contributed by atoms with Crippen molar-refractivity contribution in [2.24, 2.45) is 17.2 Å². The van der Waals surface area contributed by atoms with Crippen LogP contribution in [0, 0.1) is 0 Å². The first-order valence-electron chi connectivity index (χ1n) is 5.62. The lowest BCUT2D eigenvalue weighted by Gasteiger charge is -2.09. The van der Waals surface area contributed by atoms with Crippen molar-refractivity contribution in [2.45, 2.75) is 6.92 Å². The molecule has 0 heterocycles. The summed E-state index contributed by atoms with van der Waals surface area (Å²) in [4.78, 5) is 11.8. The van der Waals surface area contributed by atoms with E-state index in [-0.39, 0.29) is 11.7 Å². The molecule has 0 bridgehead atoms. The Bertz CT molecular complexity index is 488. The predicted octanol–water partition coefficient (Wildman–Crippen LogP) is 0.495. The molecule has 1 aromatic carbocycles. The molecular formula is C13H18N4O. The zero-order chi connectivity index (χ0) is 13.5. The molecule has 0 aliphatic heterocycles. The van der Waals surface area contributed by atoms with Crippen LogP contribution in [-0.2, 0) is 0 Å². The second-order valence-electron chi connectivity index (χ2n) is 3.69. The molecule has 0 spiro atoms. The van der Waals surface area contributed by atoms with Crippen molar-refractivity contribution >= 4 is 11.6 Å². The minimum absolute atomic E-state index is 0.158. The Balaban J connectivity index is 3.13. The maximum absolute atomic E-state index is 11.8. The Morgan fingerprint density at radius 3 is 2.33 bits per heavy atom. The zero-order valence-electron chi connectivity index (χ0n) is 10.3. The summed E-state index contributed by atoms with van der Waals surface area (Å²) in [6, 6.07) is 7.09. The van der Waals surface area contributed by atoms with Crippen molar-refractivity contribution in [2.75, 3.05) is 6.54 Å². The van der Waals surface area contributed by atoms with Gasteiger partial charge in [-0.25, -0.2) is 0 Å². The lowest BCUT2D eigenvalue weighted by Crippen LogP contribution is -2.24. The summed E-state index contributed by atoms with van der Waals surface area (Å²) in [6.07, 6.45) is 3.07. The number of rotatable bonds is 4. The monoisotopic (exact) mass is 246 g/mol. The maximum atomic E-state index is 11.8. The van der Waals surface area contributed by atoms with Crippen LogP contribution in [0.1, 0.15) is 22.8 Å². The van der Waals surface area contributed by atoms with E-state index in [0.717, 1.165) is 0 Å². The first-order valence-corrected chi connectivity index (χ1v) is 5.62. The summed E-state index contributed by atoms with van der Waals surface area (Å²) in [5.74, 6) is 0.00240. The van der Waals surface area contributed by atoms with Crippen LogP contribution in [0.25, 0.3) is 5.70 Å². The first kappa shape index (κ1) is 13.6. The lowest BCUT2D eigenvalue weighted by atomic mass is 10.0. The Kier molecular flexibility index (Phi) is 4.80. The quantitative estimate of drug-likeness (QED) is 0.580. The number of nitrogens with two attached hydrogens (primary N) is 3. The summed E-state index contributed by atoms with van der Waals surface area (Å²) in [7, 11) is 0. The highest BCUT2D eigenvalue weighted by Crippen LogP contribution is 2.15. The van der Waals surface area contributed by atoms with Crippen molar-refractivity contribution in [3.63, 3.8) is 0 Å². The Labute approximate surface area is 106 Å². The van der Waals surface area contributed by atoms with Crippen LogP contribution in [0.5, 0.6) is 0 Å². The fourth-order valence-electron chi connectivity index (χ4n) is 1.46. The van der Waals surface area contributed by atoms with Gasteiger partial charge in [-0.1, -0.05) is 18.2 Å². The normalized spacial score (nSPS) is 10.8. The van der Waals surface area contributed by atoms with Crippen LogP contribution in [0.2, 0.25) is 0 Å². The summed E-state index contributed by atoms with van der Waals surface area (Å²) < 4.78 is 0. The minimum atomic E-state index is -0.158. The second kappa shape index (κ2) is 6.34. The van der Waals surface area contributed by atoms with Gasteiger partial charge in [-0.2, -0.15) is 0 Å². The van der Waals surface area contributed by atoms with Gasteiger partial charge in [-0.3, -0.25) is 4.79 Å². The SMILES string of the molecule is CCNC(=O)c1ccccc1/C(N)=C/C=C(N)N. The summed E-state index contributed by atoms with van der Waals surface area (Å²) in [5.41, 5.74) is 18.2. The molecule has 1 amide bonds. The zero-order valence-corrected chi connectivity index (χ0v) is 10.3. The maximum Gasteiger partial charge on any atom is 0.251 e. The molecule has 7 N–H and O–H groups in total. The van der Waals surface area contributed by atoms with Gasteiger partial charge in [-0.05, 0) is 25.1 Å². The van der Waals surface area contributed by atoms with Gasteiger partial charge in [0.15, 0.2) is 0 Å². The van der Waals surface area contributed by atoms with E-state index < -0.39 is 0 Å². The number of allylic oxidation sites excluding steroid dienone is 2. The molecule has 0 aromatic heterocycles. The molecule has 0 aliphatic carbocycles. The number of hydrogen-bond acceptors (Lipinski definition) is 4. The average molecular weight is 246 g/mol. The Morgan fingerprint density at radius 1 is 1.17 bits per heavy atom. The number of amides is 1. The summed E-state index contributed by atoms with van der Waals surface area (Å²) >= 11 is 0. The largest absolute Gasteiger partial charge is 0.398 e. The number of benzene rings is 1. The van der Waals surface area contributed by atoms with Crippen LogP contribution >= 0.6 is 0 Å². The number of carbonyl (C=O) groups excluding carboxylic acids is 1. The van der Waals surface area contributed by atoms with Crippen LogP contribution < -0.4 is 22.5 Å². The highest BCUT2D eigenvalue weighted by Gasteiger charge is 2.10. The van der Waals surface area contributed by atoms with E-state index in [9.17, 15) is 4.79 Å². The molecule has 96 valence electrons. The molecule has 5 heteroatoms. The Morgan fingerprint density at radius 2 is 1.78 bits per heavy atom. The lowest BCUT2D eigenvalue weighted by molar-refractivity contribution is 0.0955. The van der Waals surface area contributed by atoms with E-state index in [0.29, 0.717) is 23.4 Å². The number of carbonyl (C=O) groups is 1. The van der Waals surface area contributed by atoms with E-state index in [1.54, 1.807) is 24.3 Å². The molecule has 0 radical (unpaired) electrons. The van der Waals surface area contributed by atoms with E-state index >= 15 is 0 Å². The topological polar surface area (TPSA) is 107 Å². The smallest absolute Gasteiger partial charge is 0.251 e. The highest BCUT2D eigenvalue weighted by atomic mass is 16.1. The van der Waals surface area contributed by atoms with Gasteiger partial charge in [0.25, 0.3) is 5.91 Å². The summed E-state index contributed by atoms with van der Waals surface area (Å²) in [5, 5.41) is 2.74.